The quantitative estimate of drug-likeness (QED) is 0.816. The van der Waals surface area contributed by atoms with Gasteiger partial charge in [-0.3, -0.25) is 4.68 Å². The van der Waals surface area contributed by atoms with Crippen molar-refractivity contribution in [2.75, 3.05) is 5.73 Å². The molecule has 1 aliphatic rings. The molecule has 0 saturated heterocycles. The number of hydrogen-bond acceptors (Lipinski definition) is 3. The molecular formula is C13H16N4. The highest BCUT2D eigenvalue weighted by molar-refractivity contribution is 5.47. The van der Waals surface area contributed by atoms with E-state index in [0.717, 1.165) is 22.9 Å². The Labute approximate surface area is 100 Å². The van der Waals surface area contributed by atoms with Crippen LogP contribution in [0.3, 0.4) is 0 Å². The van der Waals surface area contributed by atoms with Gasteiger partial charge in [0, 0.05) is 25.1 Å². The molecule has 17 heavy (non-hydrogen) atoms. The predicted molar refractivity (Wildman–Crippen MR) is 66.6 cm³/mol. The van der Waals surface area contributed by atoms with Gasteiger partial charge in [0.1, 0.15) is 5.82 Å². The molecule has 1 saturated carbocycles. The average Bonchev–Trinajstić information content (AvgIpc) is 3.07. The third kappa shape index (κ3) is 2.02. The molecule has 4 heteroatoms. The first-order valence-corrected chi connectivity index (χ1v) is 5.97. The molecule has 2 N–H and O–H groups in total. The van der Waals surface area contributed by atoms with Gasteiger partial charge in [-0.1, -0.05) is 18.2 Å². The van der Waals surface area contributed by atoms with Crippen LogP contribution in [0, 0.1) is 0 Å². The lowest BCUT2D eigenvalue weighted by molar-refractivity contribution is 0.698. The standard InChI is InChI=1S/C13H16N4/c1-17-13(9-6-7-9)15-12(16-17)8-10-4-2-3-5-11(10)14/h2-5,9H,6-8,14H2,1H3. The van der Waals surface area contributed by atoms with Gasteiger partial charge in [-0.05, 0) is 24.5 Å². The Morgan fingerprint density at radius 2 is 2.12 bits per heavy atom. The van der Waals surface area contributed by atoms with Gasteiger partial charge in [0.15, 0.2) is 5.82 Å². The summed E-state index contributed by atoms with van der Waals surface area (Å²) >= 11 is 0. The summed E-state index contributed by atoms with van der Waals surface area (Å²) in [7, 11) is 1.97. The van der Waals surface area contributed by atoms with Gasteiger partial charge in [0.25, 0.3) is 0 Å². The lowest BCUT2D eigenvalue weighted by Crippen LogP contribution is -1.98. The van der Waals surface area contributed by atoms with Gasteiger partial charge in [-0.25, -0.2) is 4.98 Å². The third-order valence-electron chi connectivity index (χ3n) is 3.19. The van der Waals surface area contributed by atoms with Crippen LogP contribution < -0.4 is 5.73 Å². The smallest absolute Gasteiger partial charge is 0.155 e. The predicted octanol–water partition coefficient (Wildman–Crippen LogP) is 1.87. The van der Waals surface area contributed by atoms with Gasteiger partial charge < -0.3 is 5.73 Å². The highest BCUT2D eigenvalue weighted by atomic mass is 15.3. The maximum absolute atomic E-state index is 5.92. The van der Waals surface area contributed by atoms with Crippen LogP contribution in [0.1, 0.15) is 36.0 Å². The van der Waals surface area contributed by atoms with Gasteiger partial charge >= 0.3 is 0 Å². The third-order valence-corrected chi connectivity index (χ3v) is 3.19. The maximum atomic E-state index is 5.92. The number of benzene rings is 1. The molecule has 1 fully saturated rings. The zero-order valence-electron chi connectivity index (χ0n) is 9.93. The first-order valence-electron chi connectivity index (χ1n) is 5.97. The number of nitrogens with zero attached hydrogens (tertiary/aromatic N) is 3. The van der Waals surface area contributed by atoms with Crippen molar-refractivity contribution >= 4 is 5.69 Å². The van der Waals surface area contributed by atoms with E-state index in [0.29, 0.717) is 12.3 Å². The highest BCUT2D eigenvalue weighted by Crippen LogP contribution is 2.38. The summed E-state index contributed by atoms with van der Waals surface area (Å²) in [5, 5.41) is 4.46. The molecular weight excluding hydrogens is 212 g/mol. The van der Waals surface area contributed by atoms with E-state index in [4.69, 9.17) is 5.73 Å². The van der Waals surface area contributed by atoms with Crippen molar-refractivity contribution in [1.29, 1.82) is 0 Å². The molecule has 0 amide bonds. The summed E-state index contributed by atoms with van der Waals surface area (Å²) in [6.45, 7) is 0. The maximum Gasteiger partial charge on any atom is 0.155 e. The average molecular weight is 228 g/mol. The summed E-state index contributed by atoms with van der Waals surface area (Å²) in [5.74, 6) is 2.62. The zero-order valence-corrected chi connectivity index (χ0v) is 9.93. The molecule has 0 atom stereocenters. The molecule has 1 aromatic heterocycles. The molecule has 0 aliphatic heterocycles. The van der Waals surface area contributed by atoms with Crippen LogP contribution in [0.25, 0.3) is 0 Å². The van der Waals surface area contributed by atoms with Crippen molar-refractivity contribution < 1.29 is 0 Å². The number of hydrogen-bond donors (Lipinski definition) is 1. The minimum Gasteiger partial charge on any atom is -0.398 e. The van der Waals surface area contributed by atoms with E-state index in [1.807, 2.05) is 36.0 Å². The summed E-state index contributed by atoms with van der Waals surface area (Å²) in [6.07, 6.45) is 3.21. The topological polar surface area (TPSA) is 56.7 Å². The van der Waals surface area contributed by atoms with Crippen LogP contribution in [0.15, 0.2) is 24.3 Å². The molecule has 4 nitrogen and oxygen atoms in total. The van der Waals surface area contributed by atoms with Crippen molar-refractivity contribution in [3.8, 4) is 0 Å². The lowest BCUT2D eigenvalue weighted by atomic mass is 10.1. The van der Waals surface area contributed by atoms with E-state index in [9.17, 15) is 0 Å². The van der Waals surface area contributed by atoms with Gasteiger partial charge in [-0.15, -0.1) is 0 Å². The molecule has 0 unspecified atom stereocenters. The Hall–Kier alpha value is -1.84. The second-order valence-corrected chi connectivity index (χ2v) is 4.66. The van der Waals surface area contributed by atoms with Crippen molar-refractivity contribution in [3.63, 3.8) is 0 Å². The lowest BCUT2D eigenvalue weighted by Gasteiger charge is -2.01. The molecule has 88 valence electrons. The van der Waals surface area contributed by atoms with Crippen LogP contribution in [0.2, 0.25) is 0 Å². The molecule has 2 aromatic rings. The number of nitrogen functional groups attached to an aromatic ring is 1. The van der Waals surface area contributed by atoms with E-state index < -0.39 is 0 Å². The van der Waals surface area contributed by atoms with E-state index >= 15 is 0 Å². The van der Waals surface area contributed by atoms with E-state index in [-0.39, 0.29) is 0 Å². The number of nitrogens with two attached hydrogens (primary N) is 1. The number of para-hydroxylation sites is 1. The van der Waals surface area contributed by atoms with Crippen LogP contribution in [-0.4, -0.2) is 14.8 Å². The van der Waals surface area contributed by atoms with Gasteiger partial charge in [-0.2, -0.15) is 5.10 Å². The molecule has 1 heterocycles. The Kier molecular flexibility index (Phi) is 2.35. The Morgan fingerprint density at radius 1 is 1.35 bits per heavy atom. The highest BCUT2D eigenvalue weighted by Gasteiger charge is 2.28. The van der Waals surface area contributed by atoms with Gasteiger partial charge in [0.2, 0.25) is 0 Å². The summed E-state index contributed by atoms with van der Waals surface area (Å²) in [6, 6.07) is 7.89. The second kappa shape index (κ2) is 3.87. The summed E-state index contributed by atoms with van der Waals surface area (Å²) in [4.78, 5) is 4.60. The SMILES string of the molecule is Cn1nc(Cc2ccccc2N)nc1C1CC1. The number of aryl methyl sites for hydroxylation is 1. The summed E-state index contributed by atoms with van der Waals surface area (Å²) in [5.41, 5.74) is 7.83. The second-order valence-electron chi connectivity index (χ2n) is 4.66. The minimum absolute atomic E-state index is 0.634. The zero-order chi connectivity index (χ0) is 11.8. The van der Waals surface area contributed by atoms with Crippen molar-refractivity contribution in [2.45, 2.75) is 25.2 Å². The van der Waals surface area contributed by atoms with E-state index in [1.165, 1.54) is 12.8 Å². The number of aromatic nitrogens is 3. The monoisotopic (exact) mass is 228 g/mol. The first-order chi connectivity index (χ1) is 8.24. The van der Waals surface area contributed by atoms with Crippen molar-refractivity contribution in [3.05, 3.63) is 41.5 Å². The minimum atomic E-state index is 0.634. The largest absolute Gasteiger partial charge is 0.398 e. The normalized spacial score (nSPS) is 15.1. The molecule has 3 rings (SSSR count). The number of anilines is 1. The van der Waals surface area contributed by atoms with E-state index in [1.54, 1.807) is 0 Å². The summed E-state index contributed by atoms with van der Waals surface area (Å²) < 4.78 is 1.91. The fourth-order valence-electron chi connectivity index (χ4n) is 2.09. The Bertz CT molecular complexity index is 540. The van der Waals surface area contributed by atoms with Crippen LogP contribution in [0.4, 0.5) is 5.69 Å². The van der Waals surface area contributed by atoms with Crippen molar-refractivity contribution in [2.24, 2.45) is 7.05 Å². The Balaban J connectivity index is 1.85. The molecule has 0 spiro atoms. The van der Waals surface area contributed by atoms with E-state index in [2.05, 4.69) is 10.1 Å². The fourth-order valence-corrected chi connectivity index (χ4v) is 2.09. The first kappa shape index (κ1) is 10.3. The fraction of sp³-hybridized carbons (Fsp3) is 0.385. The Morgan fingerprint density at radius 3 is 2.82 bits per heavy atom. The molecule has 0 radical (unpaired) electrons. The van der Waals surface area contributed by atoms with Crippen LogP contribution in [0.5, 0.6) is 0 Å². The molecule has 0 bridgehead atoms. The molecule has 1 aliphatic carbocycles. The number of rotatable bonds is 3. The van der Waals surface area contributed by atoms with Crippen molar-refractivity contribution in [1.82, 2.24) is 14.8 Å². The van der Waals surface area contributed by atoms with Gasteiger partial charge in [0.05, 0.1) is 0 Å². The van der Waals surface area contributed by atoms with Crippen LogP contribution in [-0.2, 0) is 13.5 Å². The van der Waals surface area contributed by atoms with Crippen LogP contribution >= 0.6 is 0 Å². The molecule has 1 aromatic carbocycles.